The predicted octanol–water partition coefficient (Wildman–Crippen LogP) is 2.97. The molecule has 5 heteroatoms. The Hall–Kier alpha value is -2.82. The molecule has 2 amide bonds. The number of hydrogen-bond donors (Lipinski definition) is 3. The van der Waals surface area contributed by atoms with Gasteiger partial charge in [0.25, 0.3) is 0 Å². The number of carbonyl (C=O) groups excluding carboxylic acids is 2. The summed E-state index contributed by atoms with van der Waals surface area (Å²) in [6.07, 6.45) is 0.262. The number of ketones is 1. The molecule has 0 spiro atoms. The number of rotatable bonds is 5. The summed E-state index contributed by atoms with van der Waals surface area (Å²) in [5, 5.41) is 5.33. The third-order valence-corrected chi connectivity index (χ3v) is 3.18. The van der Waals surface area contributed by atoms with Crippen molar-refractivity contribution in [2.45, 2.75) is 13.3 Å². The average molecular weight is 297 g/mol. The second kappa shape index (κ2) is 7.26. The van der Waals surface area contributed by atoms with Gasteiger partial charge in [0.15, 0.2) is 5.78 Å². The molecule has 114 valence electrons. The topological polar surface area (TPSA) is 84.2 Å². The highest BCUT2D eigenvalue weighted by Crippen LogP contribution is 2.10. The fraction of sp³-hybridized carbons (Fsp3) is 0.176. The van der Waals surface area contributed by atoms with Gasteiger partial charge in [-0.15, -0.1) is 0 Å². The van der Waals surface area contributed by atoms with Crippen LogP contribution in [0.3, 0.4) is 0 Å². The fourth-order valence-corrected chi connectivity index (χ4v) is 1.92. The summed E-state index contributed by atoms with van der Waals surface area (Å²) in [4.78, 5) is 23.6. The van der Waals surface area contributed by atoms with E-state index < -0.39 is 0 Å². The lowest BCUT2D eigenvalue weighted by Gasteiger charge is -2.07. The van der Waals surface area contributed by atoms with Gasteiger partial charge in [0.05, 0.1) is 0 Å². The molecule has 0 saturated carbocycles. The molecule has 0 aliphatic carbocycles. The zero-order chi connectivity index (χ0) is 15.9. The number of carbonyl (C=O) groups is 2. The van der Waals surface area contributed by atoms with Gasteiger partial charge in [0.1, 0.15) is 0 Å². The third kappa shape index (κ3) is 4.63. The summed E-state index contributed by atoms with van der Waals surface area (Å²) in [6, 6.07) is 13.9. The van der Waals surface area contributed by atoms with Crippen LogP contribution in [-0.2, 0) is 0 Å². The summed E-state index contributed by atoms with van der Waals surface area (Å²) in [6.45, 7) is 2.25. The second-order valence-corrected chi connectivity index (χ2v) is 5.04. The summed E-state index contributed by atoms with van der Waals surface area (Å²) < 4.78 is 0. The standard InChI is InChI=1S/C17H19N3O2/c1-12-2-4-13(5-3-12)16(21)10-11-19-17(22)20-15-8-6-14(18)7-9-15/h2-9H,10-11,18H2,1H3,(H2,19,20,22). The molecule has 0 radical (unpaired) electrons. The van der Waals surface area contributed by atoms with Crippen LogP contribution in [-0.4, -0.2) is 18.4 Å². The Morgan fingerprint density at radius 3 is 2.27 bits per heavy atom. The van der Waals surface area contributed by atoms with E-state index in [1.54, 1.807) is 36.4 Å². The van der Waals surface area contributed by atoms with Gasteiger partial charge in [-0.05, 0) is 31.2 Å². The monoisotopic (exact) mass is 297 g/mol. The highest BCUT2D eigenvalue weighted by Gasteiger charge is 2.07. The molecule has 2 aromatic carbocycles. The Balaban J connectivity index is 1.75. The molecule has 0 heterocycles. The van der Waals surface area contributed by atoms with Crippen LogP contribution < -0.4 is 16.4 Å². The van der Waals surface area contributed by atoms with E-state index in [1.165, 1.54) is 0 Å². The Morgan fingerprint density at radius 1 is 1.00 bits per heavy atom. The zero-order valence-electron chi connectivity index (χ0n) is 12.4. The Bertz CT molecular complexity index is 649. The number of anilines is 2. The molecule has 22 heavy (non-hydrogen) atoms. The van der Waals surface area contributed by atoms with Crippen LogP contribution in [0, 0.1) is 6.92 Å². The molecule has 0 aliphatic rings. The lowest BCUT2D eigenvalue weighted by Crippen LogP contribution is -2.30. The van der Waals surface area contributed by atoms with E-state index in [0.29, 0.717) is 16.9 Å². The Labute approximate surface area is 129 Å². The highest BCUT2D eigenvalue weighted by atomic mass is 16.2. The van der Waals surface area contributed by atoms with Gasteiger partial charge in [-0.25, -0.2) is 4.79 Å². The van der Waals surface area contributed by atoms with Gasteiger partial charge in [0, 0.05) is 29.9 Å². The summed E-state index contributed by atoms with van der Waals surface area (Å²) in [7, 11) is 0. The van der Waals surface area contributed by atoms with E-state index in [1.807, 2.05) is 19.1 Å². The van der Waals surface area contributed by atoms with Crippen molar-refractivity contribution in [1.29, 1.82) is 0 Å². The number of Topliss-reactive ketones (excluding diaryl/α,β-unsaturated/α-hetero) is 1. The maximum atomic E-state index is 11.9. The molecule has 0 atom stereocenters. The number of benzene rings is 2. The van der Waals surface area contributed by atoms with Gasteiger partial charge in [-0.2, -0.15) is 0 Å². The minimum absolute atomic E-state index is 0.00721. The first-order valence-corrected chi connectivity index (χ1v) is 7.05. The zero-order valence-corrected chi connectivity index (χ0v) is 12.4. The van der Waals surface area contributed by atoms with Crippen molar-refractivity contribution in [2.24, 2.45) is 0 Å². The molecule has 4 N–H and O–H groups in total. The summed E-state index contributed by atoms with van der Waals surface area (Å²) >= 11 is 0. The van der Waals surface area contributed by atoms with Crippen LogP contribution in [0.15, 0.2) is 48.5 Å². The minimum Gasteiger partial charge on any atom is -0.399 e. The van der Waals surface area contributed by atoms with Crippen LogP contribution in [0.25, 0.3) is 0 Å². The molecule has 0 bridgehead atoms. The molecule has 0 aromatic heterocycles. The van der Waals surface area contributed by atoms with Crippen molar-refractivity contribution in [3.8, 4) is 0 Å². The number of nitrogen functional groups attached to an aromatic ring is 1. The van der Waals surface area contributed by atoms with E-state index in [2.05, 4.69) is 10.6 Å². The Morgan fingerprint density at radius 2 is 1.64 bits per heavy atom. The van der Waals surface area contributed by atoms with E-state index >= 15 is 0 Å². The first kappa shape index (κ1) is 15.6. The molecular formula is C17H19N3O2. The fourth-order valence-electron chi connectivity index (χ4n) is 1.92. The maximum absolute atomic E-state index is 11.9. The molecule has 5 nitrogen and oxygen atoms in total. The molecule has 0 aliphatic heterocycles. The van der Waals surface area contributed by atoms with E-state index in [0.717, 1.165) is 5.56 Å². The van der Waals surface area contributed by atoms with E-state index in [9.17, 15) is 9.59 Å². The lowest BCUT2D eigenvalue weighted by molar-refractivity contribution is 0.0984. The number of amides is 2. The molecular weight excluding hydrogens is 278 g/mol. The highest BCUT2D eigenvalue weighted by molar-refractivity contribution is 5.96. The SMILES string of the molecule is Cc1ccc(C(=O)CCNC(=O)Nc2ccc(N)cc2)cc1. The van der Waals surface area contributed by atoms with Crippen molar-refractivity contribution in [2.75, 3.05) is 17.6 Å². The first-order chi connectivity index (χ1) is 10.5. The van der Waals surface area contributed by atoms with Crippen molar-refractivity contribution in [3.05, 3.63) is 59.7 Å². The predicted molar refractivity (Wildman–Crippen MR) is 88.0 cm³/mol. The van der Waals surface area contributed by atoms with Gasteiger partial charge >= 0.3 is 6.03 Å². The number of hydrogen-bond acceptors (Lipinski definition) is 3. The number of aryl methyl sites for hydroxylation is 1. The number of nitrogens with two attached hydrogens (primary N) is 1. The normalized spacial score (nSPS) is 10.0. The van der Waals surface area contributed by atoms with Gasteiger partial charge in [-0.3, -0.25) is 4.79 Å². The number of urea groups is 1. The number of nitrogens with one attached hydrogen (secondary N) is 2. The van der Waals surface area contributed by atoms with Crippen molar-refractivity contribution >= 4 is 23.2 Å². The molecule has 0 unspecified atom stereocenters. The lowest BCUT2D eigenvalue weighted by atomic mass is 10.1. The molecule has 2 rings (SSSR count). The van der Waals surface area contributed by atoms with Crippen LogP contribution in [0.1, 0.15) is 22.3 Å². The maximum Gasteiger partial charge on any atom is 0.319 e. The van der Waals surface area contributed by atoms with Gasteiger partial charge in [0.2, 0.25) is 0 Å². The third-order valence-electron chi connectivity index (χ3n) is 3.18. The molecule has 0 fully saturated rings. The van der Waals surface area contributed by atoms with Gasteiger partial charge < -0.3 is 16.4 Å². The van der Waals surface area contributed by atoms with Crippen molar-refractivity contribution < 1.29 is 9.59 Å². The first-order valence-electron chi connectivity index (χ1n) is 7.05. The second-order valence-electron chi connectivity index (χ2n) is 5.04. The van der Waals surface area contributed by atoms with Crippen LogP contribution >= 0.6 is 0 Å². The smallest absolute Gasteiger partial charge is 0.319 e. The largest absolute Gasteiger partial charge is 0.399 e. The minimum atomic E-state index is -0.346. The summed E-state index contributed by atoms with van der Waals surface area (Å²) in [5.74, 6) is 0.00721. The quantitative estimate of drug-likeness (QED) is 0.586. The van der Waals surface area contributed by atoms with E-state index in [-0.39, 0.29) is 24.8 Å². The Kier molecular flexibility index (Phi) is 5.14. The van der Waals surface area contributed by atoms with Crippen LogP contribution in [0.5, 0.6) is 0 Å². The van der Waals surface area contributed by atoms with E-state index in [4.69, 9.17) is 5.73 Å². The summed E-state index contributed by atoms with van der Waals surface area (Å²) in [5.41, 5.74) is 8.62. The van der Waals surface area contributed by atoms with Crippen LogP contribution in [0.2, 0.25) is 0 Å². The van der Waals surface area contributed by atoms with Crippen molar-refractivity contribution in [1.82, 2.24) is 5.32 Å². The van der Waals surface area contributed by atoms with Crippen LogP contribution in [0.4, 0.5) is 16.2 Å². The molecule has 0 saturated heterocycles. The average Bonchev–Trinajstić information content (AvgIpc) is 2.50. The van der Waals surface area contributed by atoms with Gasteiger partial charge in [-0.1, -0.05) is 29.8 Å². The molecule has 2 aromatic rings. The van der Waals surface area contributed by atoms with Crippen molar-refractivity contribution in [3.63, 3.8) is 0 Å².